The van der Waals surface area contributed by atoms with Crippen molar-refractivity contribution in [1.82, 2.24) is 4.57 Å². The van der Waals surface area contributed by atoms with Gasteiger partial charge in [-0.1, -0.05) is 0 Å². The van der Waals surface area contributed by atoms with E-state index in [1.807, 2.05) is 13.1 Å². The standard InChI is InChI=1S/C10H15NO/c1-8-7-9(12)5-6-11(8)10(2,3)4/h5-7H,1-4H3. The van der Waals surface area contributed by atoms with E-state index in [9.17, 15) is 4.79 Å². The maximum absolute atomic E-state index is 11.0. The number of rotatable bonds is 0. The van der Waals surface area contributed by atoms with Crippen LogP contribution in [0.4, 0.5) is 0 Å². The molecule has 2 heteroatoms. The second kappa shape index (κ2) is 2.77. The van der Waals surface area contributed by atoms with E-state index in [4.69, 9.17) is 0 Å². The second-order valence-electron chi connectivity index (χ2n) is 4.04. The van der Waals surface area contributed by atoms with Crippen LogP contribution in [0.2, 0.25) is 0 Å². The lowest BCUT2D eigenvalue weighted by molar-refractivity contribution is 0.386. The third kappa shape index (κ3) is 1.76. The van der Waals surface area contributed by atoms with Gasteiger partial charge in [0.05, 0.1) is 0 Å². The van der Waals surface area contributed by atoms with Crippen LogP contribution in [0, 0.1) is 6.92 Å². The summed E-state index contributed by atoms with van der Waals surface area (Å²) in [6.45, 7) is 8.30. The van der Waals surface area contributed by atoms with Gasteiger partial charge in [0.15, 0.2) is 5.43 Å². The topological polar surface area (TPSA) is 22.0 Å². The average Bonchev–Trinajstić information content (AvgIpc) is 1.83. The van der Waals surface area contributed by atoms with Crippen LogP contribution in [0.1, 0.15) is 26.5 Å². The molecule has 0 spiro atoms. The van der Waals surface area contributed by atoms with Crippen LogP contribution >= 0.6 is 0 Å². The minimum absolute atomic E-state index is 0.0534. The van der Waals surface area contributed by atoms with E-state index in [1.54, 1.807) is 12.1 Å². The summed E-state index contributed by atoms with van der Waals surface area (Å²) in [6, 6.07) is 3.25. The quantitative estimate of drug-likeness (QED) is 0.575. The fraction of sp³-hybridized carbons (Fsp3) is 0.500. The maximum Gasteiger partial charge on any atom is 0.181 e. The third-order valence-corrected chi connectivity index (χ3v) is 1.84. The molecule has 0 amide bonds. The number of aryl methyl sites for hydroxylation is 1. The Hall–Kier alpha value is -1.05. The summed E-state index contributed by atoms with van der Waals surface area (Å²) in [5, 5.41) is 0. The van der Waals surface area contributed by atoms with E-state index in [0.717, 1.165) is 5.69 Å². The van der Waals surface area contributed by atoms with Gasteiger partial charge in [-0.2, -0.15) is 0 Å². The maximum atomic E-state index is 11.0. The zero-order chi connectivity index (χ0) is 9.35. The molecule has 0 saturated carbocycles. The molecule has 0 atom stereocenters. The Morgan fingerprint density at radius 1 is 1.33 bits per heavy atom. The van der Waals surface area contributed by atoms with Gasteiger partial charge in [-0.3, -0.25) is 4.79 Å². The lowest BCUT2D eigenvalue weighted by atomic mass is 10.1. The Balaban J connectivity index is 3.28. The SMILES string of the molecule is Cc1cc(=O)ccn1C(C)(C)C. The second-order valence-corrected chi connectivity index (χ2v) is 4.04. The van der Waals surface area contributed by atoms with Crippen molar-refractivity contribution in [2.45, 2.75) is 33.2 Å². The summed E-state index contributed by atoms with van der Waals surface area (Å²) in [7, 11) is 0. The Morgan fingerprint density at radius 3 is 2.33 bits per heavy atom. The molecule has 0 N–H and O–H groups in total. The van der Waals surface area contributed by atoms with Gasteiger partial charge in [-0.25, -0.2) is 0 Å². The number of pyridine rings is 1. The molecule has 2 nitrogen and oxygen atoms in total. The molecule has 0 aliphatic heterocycles. The highest BCUT2D eigenvalue weighted by Gasteiger charge is 2.12. The van der Waals surface area contributed by atoms with Crippen LogP contribution in [0.25, 0.3) is 0 Å². The van der Waals surface area contributed by atoms with Crippen molar-refractivity contribution >= 4 is 0 Å². The Morgan fingerprint density at radius 2 is 1.92 bits per heavy atom. The molecule has 1 aromatic heterocycles. The zero-order valence-electron chi connectivity index (χ0n) is 8.09. The minimum Gasteiger partial charge on any atom is -0.346 e. The zero-order valence-corrected chi connectivity index (χ0v) is 8.09. The van der Waals surface area contributed by atoms with E-state index in [1.165, 1.54) is 0 Å². The molecule has 0 unspecified atom stereocenters. The highest BCUT2D eigenvalue weighted by molar-refractivity contribution is 5.07. The Labute approximate surface area is 72.8 Å². The van der Waals surface area contributed by atoms with Crippen LogP contribution in [0.5, 0.6) is 0 Å². The van der Waals surface area contributed by atoms with Crippen LogP contribution in [-0.2, 0) is 5.54 Å². The lowest BCUT2D eigenvalue weighted by Gasteiger charge is -2.25. The molecule has 0 saturated heterocycles. The van der Waals surface area contributed by atoms with Crippen LogP contribution in [0.3, 0.4) is 0 Å². The van der Waals surface area contributed by atoms with Gasteiger partial charge in [-0.05, 0) is 27.7 Å². The highest BCUT2D eigenvalue weighted by Crippen LogP contribution is 2.14. The van der Waals surface area contributed by atoms with E-state index in [0.29, 0.717) is 0 Å². The number of nitrogens with zero attached hydrogens (tertiary/aromatic N) is 1. The van der Waals surface area contributed by atoms with Crippen molar-refractivity contribution in [1.29, 1.82) is 0 Å². The summed E-state index contributed by atoms with van der Waals surface area (Å²) >= 11 is 0. The molecule has 1 rings (SSSR count). The van der Waals surface area contributed by atoms with Gasteiger partial charge in [0, 0.05) is 29.6 Å². The molecule has 66 valence electrons. The first-order valence-electron chi connectivity index (χ1n) is 4.11. The molecule has 0 fully saturated rings. The normalized spacial score (nSPS) is 11.7. The van der Waals surface area contributed by atoms with Gasteiger partial charge in [0.1, 0.15) is 0 Å². The number of hydrogen-bond acceptors (Lipinski definition) is 1. The fourth-order valence-electron chi connectivity index (χ4n) is 1.34. The molecular weight excluding hydrogens is 150 g/mol. The molecule has 1 heterocycles. The molecular formula is C10H15NO. The predicted molar refractivity (Wildman–Crippen MR) is 50.4 cm³/mol. The van der Waals surface area contributed by atoms with E-state index in [-0.39, 0.29) is 11.0 Å². The van der Waals surface area contributed by atoms with Crippen LogP contribution < -0.4 is 5.43 Å². The summed E-state index contributed by atoms with van der Waals surface area (Å²) in [4.78, 5) is 11.0. The van der Waals surface area contributed by atoms with Gasteiger partial charge < -0.3 is 4.57 Å². The van der Waals surface area contributed by atoms with Gasteiger partial charge in [0.2, 0.25) is 0 Å². The Kier molecular flexibility index (Phi) is 2.09. The summed E-state index contributed by atoms with van der Waals surface area (Å²) in [6.07, 6.45) is 1.84. The predicted octanol–water partition coefficient (Wildman–Crippen LogP) is 1.91. The number of aromatic nitrogens is 1. The highest BCUT2D eigenvalue weighted by atomic mass is 16.1. The van der Waals surface area contributed by atoms with E-state index in [2.05, 4.69) is 25.3 Å². The van der Waals surface area contributed by atoms with Gasteiger partial charge in [-0.15, -0.1) is 0 Å². The molecule has 12 heavy (non-hydrogen) atoms. The first kappa shape index (κ1) is 9.04. The van der Waals surface area contributed by atoms with Gasteiger partial charge >= 0.3 is 0 Å². The van der Waals surface area contributed by atoms with Crippen molar-refractivity contribution in [3.8, 4) is 0 Å². The summed E-state index contributed by atoms with van der Waals surface area (Å²) in [5.41, 5.74) is 1.14. The van der Waals surface area contributed by atoms with Crippen molar-refractivity contribution in [2.24, 2.45) is 0 Å². The summed E-state index contributed by atoms with van der Waals surface area (Å²) < 4.78 is 2.09. The van der Waals surface area contributed by atoms with Crippen molar-refractivity contribution in [3.63, 3.8) is 0 Å². The number of hydrogen-bond donors (Lipinski definition) is 0. The first-order chi connectivity index (χ1) is 5.41. The molecule has 0 bridgehead atoms. The average molecular weight is 165 g/mol. The van der Waals surface area contributed by atoms with Crippen LogP contribution in [-0.4, -0.2) is 4.57 Å². The monoisotopic (exact) mass is 165 g/mol. The van der Waals surface area contributed by atoms with E-state index >= 15 is 0 Å². The molecule has 0 radical (unpaired) electrons. The molecule has 1 aromatic rings. The van der Waals surface area contributed by atoms with Crippen LogP contribution in [0.15, 0.2) is 23.1 Å². The van der Waals surface area contributed by atoms with Crippen molar-refractivity contribution < 1.29 is 0 Å². The largest absolute Gasteiger partial charge is 0.346 e. The lowest BCUT2D eigenvalue weighted by Crippen LogP contribution is -2.25. The smallest absolute Gasteiger partial charge is 0.181 e. The first-order valence-corrected chi connectivity index (χ1v) is 4.11. The Bertz CT molecular complexity index is 330. The van der Waals surface area contributed by atoms with Gasteiger partial charge in [0.25, 0.3) is 0 Å². The molecule has 0 aromatic carbocycles. The molecule has 0 aliphatic carbocycles. The van der Waals surface area contributed by atoms with Crippen molar-refractivity contribution in [3.05, 3.63) is 34.2 Å². The molecule has 0 aliphatic rings. The minimum atomic E-state index is 0.0534. The van der Waals surface area contributed by atoms with Crippen molar-refractivity contribution in [2.75, 3.05) is 0 Å². The van der Waals surface area contributed by atoms with E-state index < -0.39 is 0 Å². The fourth-order valence-corrected chi connectivity index (χ4v) is 1.34. The third-order valence-electron chi connectivity index (χ3n) is 1.84. The summed E-state index contributed by atoms with van der Waals surface area (Å²) in [5.74, 6) is 0.